The molecule has 1 aromatic heterocycles. The zero-order valence-electron chi connectivity index (χ0n) is 8.05. The van der Waals surface area contributed by atoms with Gasteiger partial charge in [0.25, 0.3) is 14.9 Å². The van der Waals surface area contributed by atoms with Crippen LogP contribution in [-0.4, -0.2) is 19.8 Å². The average Bonchev–Trinajstić information content (AvgIpc) is 2.06. The Balaban J connectivity index is 3.40. The molecule has 96 valence electrons. The Morgan fingerprint density at radius 1 is 1.41 bits per heavy atom. The summed E-state index contributed by atoms with van der Waals surface area (Å²) in [4.78, 5) is 1.91. The van der Waals surface area contributed by atoms with Crippen LogP contribution in [0.15, 0.2) is 11.1 Å². The van der Waals surface area contributed by atoms with Gasteiger partial charge in [-0.15, -0.1) is 13.2 Å². The molecule has 0 radical (unpaired) electrons. The van der Waals surface area contributed by atoms with E-state index in [-0.39, 0.29) is 5.56 Å². The minimum Gasteiger partial charge on any atom is -0.385 e. The van der Waals surface area contributed by atoms with E-state index in [4.69, 9.17) is 10.7 Å². The highest BCUT2D eigenvalue weighted by atomic mass is 35.7. The van der Waals surface area contributed by atoms with Crippen LogP contribution >= 0.6 is 10.7 Å². The van der Waals surface area contributed by atoms with Crippen molar-refractivity contribution in [1.82, 2.24) is 4.98 Å². The highest BCUT2D eigenvalue weighted by Crippen LogP contribution is 2.30. The zero-order valence-corrected chi connectivity index (χ0v) is 9.62. The summed E-state index contributed by atoms with van der Waals surface area (Å²) in [6.07, 6.45) is -4.48. The van der Waals surface area contributed by atoms with Crippen LogP contribution in [0.5, 0.6) is 5.88 Å². The van der Waals surface area contributed by atoms with Crippen molar-refractivity contribution in [2.75, 3.05) is 0 Å². The Labute approximate surface area is 97.6 Å². The van der Waals surface area contributed by atoms with E-state index in [1.807, 2.05) is 0 Å². The molecule has 1 heterocycles. The zero-order chi connectivity index (χ0) is 13.4. The lowest BCUT2D eigenvalue weighted by Gasteiger charge is -2.10. The molecule has 17 heavy (non-hydrogen) atoms. The van der Waals surface area contributed by atoms with Gasteiger partial charge < -0.3 is 4.74 Å². The molecule has 0 saturated carbocycles. The van der Waals surface area contributed by atoms with E-state index in [1.54, 1.807) is 0 Å². The summed E-state index contributed by atoms with van der Waals surface area (Å²) in [5.41, 5.74) is -0.230. The van der Waals surface area contributed by atoms with Gasteiger partial charge in [0.15, 0.2) is 0 Å². The van der Waals surface area contributed by atoms with Crippen molar-refractivity contribution < 1.29 is 30.7 Å². The summed E-state index contributed by atoms with van der Waals surface area (Å²) in [5, 5.41) is 0. The van der Waals surface area contributed by atoms with Gasteiger partial charge in [0, 0.05) is 16.9 Å². The Bertz CT molecular complexity index is 543. The molecular formula is C7H4ClF4NO3S. The molecule has 10 heteroatoms. The van der Waals surface area contributed by atoms with Gasteiger partial charge in [-0.3, -0.25) is 0 Å². The maximum absolute atomic E-state index is 13.4. The van der Waals surface area contributed by atoms with E-state index in [2.05, 4.69) is 9.72 Å². The number of ether oxygens (including phenoxy) is 1. The molecule has 0 N–H and O–H groups in total. The van der Waals surface area contributed by atoms with Crippen molar-refractivity contribution in [3.8, 4) is 5.88 Å². The summed E-state index contributed by atoms with van der Waals surface area (Å²) in [5.74, 6) is -3.28. The van der Waals surface area contributed by atoms with Crippen molar-refractivity contribution in [3.63, 3.8) is 0 Å². The molecule has 0 spiro atoms. The van der Waals surface area contributed by atoms with Crippen LogP contribution in [0, 0.1) is 12.7 Å². The van der Waals surface area contributed by atoms with Crippen LogP contribution in [0.1, 0.15) is 5.56 Å². The number of hydrogen-bond acceptors (Lipinski definition) is 4. The van der Waals surface area contributed by atoms with E-state index in [1.165, 1.54) is 0 Å². The number of nitrogens with zero attached hydrogens (tertiary/aromatic N) is 1. The molecule has 0 aliphatic heterocycles. The minimum atomic E-state index is -5.18. The molecule has 0 aliphatic carbocycles. The van der Waals surface area contributed by atoms with Crippen LogP contribution < -0.4 is 4.74 Å². The lowest BCUT2D eigenvalue weighted by atomic mass is 10.3. The van der Waals surface area contributed by atoms with Crippen molar-refractivity contribution >= 4 is 19.7 Å². The Kier molecular flexibility index (Phi) is 3.53. The molecule has 4 nitrogen and oxygen atoms in total. The molecule has 1 rings (SSSR count). The van der Waals surface area contributed by atoms with Crippen LogP contribution in [0.4, 0.5) is 17.6 Å². The van der Waals surface area contributed by atoms with Gasteiger partial charge in [-0.1, -0.05) is 0 Å². The minimum absolute atomic E-state index is 0.230. The molecule has 0 aliphatic rings. The largest absolute Gasteiger partial charge is 0.574 e. The highest BCUT2D eigenvalue weighted by molar-refractivity contribution is 8.13. The van der Waals surface area contributed by atoms with Gasteiger partial charge in [-0.25, -0.2) is 13.4 Å². The normalized spacial score (nSPS) is 12.6. The molecule has 0 bridgehead atoms. The first-order valence-electron chi connectivity index (χ1n) is 3.88. The molecular weight excluding hydrogens is 290 g/mol. The number of aromatic nitrogens is 1. The summed E-state index contributed by atoms with van der Waals surface area (Å²) in [7, 11) is 0.348. The monoisotopic (exact) mass is 293 g/mol. The number of hydrogen-bond donors (Lipinski definition) is 0. The maximum Gasteiger partial charge on any atom is 0.574 e. The first-order chi connectivity index (χ1) is 7.52. The second kappa shape index (κ2) is 4.30. The summed E-state index contributed by atoms with van der Waals surface area (Å²) >= 11 is 0. The Morgan fingerprint density at radius 3 is 2.35 bits per heavy atom. The van der Waals surface area contributed by atoms with E-state index in [0.717, 1.165) is 6.92 Å². The first-order valence-corrected chi connectivity index (χ1v) is 6.19. The third-order valence-corrected chi connectivity index (χ3v) is 3.03. The van der Waals surface area contributed by atoms with Crippen molar-refractivity contribution in [1.29, 1.82) is 0 Å². The van der Waals surface area contributed by atoms with Crippen molar-refractivity contribution in [2.45, 2.75) is 18.2 Å². The standard InChI is InChI=1S/C7H4ClF4NO3S/c1-3-2-13-6(16-7(10,11)12)4(9)5(3)17(8,14)15/h2H,1H3. The number of aryl methyl sites for hydroxylation is 1. The van der Waals surface area contributed by atoms with Gasteiger partial charge in [-0.2, -0.15) is 4.39 Å². The Hall–Kier alpha value is -1.09. The van der Waals surface area contributed by atoms with Crippen molar-refractivity contribution in [3.05, 3.63) is 17.6 Å². The Morgan fingerprint density at radius 2 is 1.94 bits per heavy atom. The fourth-order valence-electron chi connectivity index (χ4n) is 1.02. The maximum atomic E-state index is 13.4. The molecule has 0 unspecified atom stereocenters. The van der Waals surface area contributed by atoms with Crippen LogP contribution in [0.25, 0.3) is 0 Å². The third-order valence-electron chi connectivity index (χ3n) is 1.58. The van der Waals surface area contributed by atoms with Gasteiger partial charge in [0.2, 0.25) is 5.82 Å². The van der Waals surface area contributed by atoms with Crippen LogP contribution in [-0.2, 0) is 9.05 Å². The molecule has 0 saturated heterocycles. The van der Waals surface area contributed by atoms with E-state index < -0.39 is 32.0 Å². The first kappa shape index (κ1) is 14.0. The number of pyridine rings is 1. The molecule has 0 atom stereocenters. The quantitative estimate of drug-likeness (QED) is 0.620. The van der Waals surface area contributed by atoms with Crippen molar-refractivity contribution in [2.24, 2.45) is 0 Å². The number of halogens is 5. The average molecular weight is 294 g/mol. The summed E-state index contributed by atoms with van der Waals surface area (Å²) in [6, 6.07) is 0. The smallest absolute Gasteiger partial charge is 0.385 e. The number of alkyl halides is 3. The van der Waals surface area contributed by atoms with E-state index in [0.29, 0.717) is 6.20 Å². The van der Waals surface area contributed by atoms with Gasteiger partial charge >= 0.3 is 6.36 Å². The topological polar surface area (TPSA) is 56.3 Å². The molecule has 0 amide bonds. The second-order valence-electron chi connectivity index (χ2n) is 2.88. The van der Waals surface area contributed by atoms with Gasteiger partial charge in [0.1, 0.15) is 4.90 Å². The third kappa shape index (κ3) is 3.43. The SMILES string of the molecule is Cc1cnc(OC(F)(F)F)c(F)c1S(=O)(=O)Cl. The predicted octanol–water partition coefficient (Wildman–Crippen LogP) is 2.36. The van der Waals surface area contributed by atoms with Crippen LogP contribution in [0.3, 0.4) is 0 Å². The van der Waals surface area contributed by atoms with Crippen LogP contribution in [0.2, 0.25) is 0 Å². The van der Waals surface area contributed by atoms with E-state index >= 15 is 0 Å². The highest BCUT2D eigenvalue weighted by Gasteiger charge is 2.35. The van der Waals surface area contributed by atoms with Gasteiger partial charge in [-0.05, 0) is 12.5 Å². The van der Waals surface area contributed by atoms with Gasteiger partial charge in [0.05, 0.1) is 0 Å². The molecule has 0 aromatic carbocycles. The van der Waals surface area contributed by atoms with E-state index in [9.17, 15) is 26.0 Å². The fraction of sp³-hybridized carbons (Fsp3) is 0.286. The molecule has 0 fully saturated rings. The lowest BCUT2D eigenvalue weighted by molar-refractivity contribution is -0.277. The summed E-state index contributed by atoms with van der Waals surface area (Å²) in [6.45, 7) is 1.13. The number of rotatable bonds is 2. The fourth-order valence-corrected chi connectivity index (χ4v) is 2.33. The lowest BCUT2D eigenvalue weighted by Crippen LogP contribution is -2.19. The predicted molar refractivity (Wildman–Crippen MR) is 48.7 cm³/mol. The molecule has 1 aromatic rings. The summed E-state index contributed by atoms with van der Waals surface area (Å²) < 4.78 is 74.0. The second-order valence-corrected chi connectivity index (χ2v) is 5.38.